The maximum atomic E-state index is 11.5. The standard InChI is InChI=1S/C40H46N2O8S/c1-3-22-48-40-37(51-31-15-5-4-6-16-31)26-35(41-47-2)33-23-27(12-7-9-20-43)32(17-8-10-21-44)38(39(33)40)34-25-30(18-19-36(34)50-40)49-29-14-11-13-28(24-29)42(45)46/h3-6,11,13-16,18-19,23-25,27,32,37-39,43-44H,1,7-10,12,17,20-22,26H2,2H3. The number of hydrogen-bond acceptors (Lipinski definition) is 10. The second-order valence-electron chi connectivity index (χ2n) is 13.2. The van der Waals surface area contributed by atoms with Crippen LogP contribution in [0.25, 0.3) is 0 Å². The zero-order chi connectivity index (χ0) is 35.8. The van der Waals surface area contributed by atoms with Gasteiger partial charge in [0, 0.05) is 42.1 Å². The van der Waals surface area contributed by atoms with Crippen LogP contribution in [0.3, 0.4) is 0 Å². The topological polar surface area (TPSA) is 133 Å². The third-order valence-electron chi connectivity index (χ3n) is 10.1. The predicted octanol–water partition coefficient (Wildman–Crippen LogP) is 8.44. The van der Waals surface area contributed by atoms with Gasteiger partial charge in [0.1, 0.15) is 24.4 Å². The number of non-ortho nitro benzene ring substituents is 1. The molecule has 270 valence electrons. The van der Waals surface area contributed by atoms with E-state index in [1.807, 2.05) is 36.4 Å². The Balaban J connectivity index is 1.54. The third-order valence-corrected chi connectivity index (χ3v) is 11.4. The molecule has 0 radical (unpaired) electrons. The van der Waals surface area contributed by atoms with Crippen LogP contribution in [0.2, 0.25) is 0 Å². The van der Waals surface area contributed by atoms with Crippen LogP contribution in [0, 0.1) is 27.9 Å². The van der Waals surface area contributed by atoms with Crippen LogP contribution in [0.1, 0.15) is 56.4 Å². The van der Waals surface area contributed by atoms with Gasteiger partial charge in [-0.25, -0.2) is 0 Å². The molecule has 1 aliphatic heterocycles. The second kappa shape index (κ2) is 16.9. The average Bonchev–Trinajstić information content (AvgIpc) is 3.14. The highest BCUT2D eigenvalue weighted by Gasteiger charge is 2.64. The molecular formula is C40H46N2O8S. The van der Waals surface area contributed by atoms with E-state index in [4.69, 9.17) is 19.0 Å². The molecule has 10 nitrogen and oxygen atoms in total. The molecule has 0 bridgehead atoms. The van der Waals surface area contributed by atoms with E-state index in [1.54, 1.807) is 37.1 Å². The normalized spacial score (nSPS) is 25.6. The molecular weight excluding hydrogens is 669 g/mol. The number of benzene rings is 3. The number of aliphatic hydroxyl groups is 2. The Morgan fingerprint density at radius 1 is 1.02 bits per heavy atom. The summed E-state index contributed by atoms with van der Waals surface area (Å²) in [5.74, 6) is 0.393. The van der Waals surface area contributed by atoms with E-state index in [1.165, 1.54) is 12.1 Å². The Bertz CT molecular complexity index is 1730. The zero-order valence-corrected chi connectivity index (χ0v) is 29.7. The third kappa shape index (κ3) is 7.86. The molecule has 2 N–H and O–H groups in total. The van der Waals surface area contributed by atoms with Crippen molar-refractivity contribution in [1.82, 2.24) is 0 Å². The van der Waals surface area contributed by atoms with Crippen molar-refractivity contribution >= 4 is 23.2 Å². The van der Waals surface area contributed by atoms with E-state index in [-0.39, 0.29) is 54.4 Å². The summed E-state index contributed by atoms with van der Waals surface area (Å²) in [6.07, 6.45) is 9.48. The Morgan fingerprint density at radius 3 is 2.51 bits per heavy atom. The molecule has 2 aliphatic carbocycles. The van der Waals surface area contributed by atoms with Gasteiger partial charge in [-0.05, 0) is 79.5 Å². The summed E-state index contributed by atoms with van der Waals surface area (Å²) in [7, 11) is 1.57. The summed E-state index contributed by atoms with van der Waals surface area (Å²) < 4.78 is 20.4. The van der Waals surface area contributed by atoms with Crippen molar-refractivity contribution in [2.75, 3.05) is 26.9 Å². The fraction of sp³-hybridized carbons (Fsp3) is 0.425. The fourth-order valence-electron chi connectivity index (χ4n) is 8.06. The van der Waals surface area contributed by atoms with Crippen molar-refractivity contribution in [3.8, 4) is 17.2 Å². The minimum Gasteiger partial charge on any atom is -0.460 e. The van der Waals surface area contributed by atoms with Gasteiger partial charge in [0.2, 0.25) is 5.79 Å². The van der Waals surface area contributed by atoms with Crippen molar-refractivity contribution in [1.29, 1.82) is 0 Å². The minimum atomic E-state index is -1.10. The number of rotatable bonds is 17. The van der Waals surface area contributed by atoms with Crippen LogP contribution >= 0.6 is 11.8 Å². The molecule has 1 saturated carbocycles. The fourth-order valence-corrected chi connectivity index (χ4v) is 9.37. The lowest BCUT2D eigenvalue weighted by Crippen LogP contribution is -2.64. The Morgan fingerprint density at radius 2 is 1.78 bits per heavy atom. The number of hydrogen-bond donors (Lipinski definition) is 2. The van der Waals surface area contributed by atoms with E-state index in [2.05, 4.69) is 29.9 Å². The van der Waals surface area contributed by atoms with Crippen molar-refractivity contribution in [2.24, 2.45) is 22.9 Å². The van der Waals surface area contributed by atoms with E-state index in [0.29, 0.717) is 36.5 Å². The van der Waals surface area contributed by atoms with Gasteiger partial charge in [0.15, 0.2) is 0 Å². The van der Waals surface area contributed by atoms with Gasteiger partial charge in [-0.2, -0.15) is 0 Å². The molecule has 0 spiro atoms. The maximum absolute atomic E-state index is 11.5. The zero-order valence-electron chi connectivity index (χ0n) is 28.9. The van der Waals surface area contributed by atoms with Gasteiger partial charge in [-0.3, -0.25) is 10.1 Å². The predicted molar refractivity (Wildman–Crippen MR) is 197 cm³/mol. The lowest BCUT2D eigenvalue weighted by atomic mass is 9.56. The van der Waals surface area contributed by atoms with Crippen molar-refractivity contribution in [3.63, 3.8) is 0 Å². The molecule has 1 heterocycles. The largest absolute Gasteiger partial charge is 0.460 e. The molecule has 51 heavy (non-hydrogen) atoms. The molecule has 0 saturated heterocycles. The second-order valence-corrected chi connectivity index (χ2v) is 14.5. The van der Waals surface area contributed by atoms with Crippen LogP contribution in [-0.4, -0.2) is 58.8 Å². The number of unbranched alkanes of at least 4 members (excludes halogenated alkanes) is 2. The van der Waals surface area contributed by atoms with Gasteiger partial charge in [0.05, 0.1) is 34.5 Å². The molecule has 11 heteroatoms. The molecule has 6 atom stereocenters. The number of nitrogens with zero attached hydrogens (tertiary/aromatic N) is 2. The van der Waals surface area contributed by atoms with Gasteiger partial charge >= 0.3 is 0 Å². The summed E-state index contributed by atoms with van der Waals surface area (Å²) in [4.78, 5) is 17.6. The number of aliphatic hydroxyl groups excluding tert-OH is 2. The van der Waals surface area contributed by atoms with Gasteiger partial charge < -0.3 is 29.3 Å². The molecule has 6 unspecified atom stereocenters. The van der Waals surface area contributed by atoms with Crippen LogP contribution in [-0.2, 0) is 9.57 Å². The SMILES string of the molecule is C=CCOC12Oc3ccc(Oc4cccc([N+](=O)[O-])c4)cc3C3C(CCCCO)C(CCCCO)C=C(C(=NOC)CC1Sc1ccccc1)C32. The highest BCUT2D eigenvalue weighted by Crippen LogP contribution is 2.63. The first-order valence-corrected chi connectivity index (χ1v) is 18.6. The Kier molecular flexibility index (Phi) is 12.1. The molecule has 0 amide bonds. The molecule has 3 aliphatic rings. The highest BCUT2D eigenvalue weighted by molar-refractivity contribution is 8.00. The number of ether oxygens (including phenoxy) is 3. The number of nitro groups is 1. The summed E-state index contributed by atoms with van der Waals surface area (Å²) in [6, 6.07) is 22.1. The first-order chi connectivity index (χ1) is 24.9. The number of thioether (sulfide) groups is 1. The summed E-state index contributed by atoms with van der Waals surface area (Å²) in [5, 5.41) is 35.4. The van der Waals surface area contributed by atoms with Crippen molar-refractivity contribution < 1.29 is 34.2 Å². The highest BCUT2D eigenvalue weighted by atomic mass is 32.2. The summed E-state index contributed by atoms with van der Waals surface area (Å²) in [5.41, 5.74) is 2.81. The molecule has 1 fully saturated rings. The van der Waals surface area contributed by atoms with Crippen molar-refractivity contribution in [3.05, 3.63) is 113 Å². The van der Waals surface area contributed by atoms with E-state index < -0.39 is 10.7 Å². The number of nitro benzene ring substituents is 1. The van der Waals surface area contributed by atoms with Crippen LogP contribution in [0.5, 0.6) is 17.2 Å². The molecule has 0 aromatic heterocycles. The minimum absolute atomic E-state index is 0.0520. The van der Waals surface area contributed by atoms with Crippen LogP contribution < -0.4 is 9.47 Å². The summed E-state index contributed by atoms with van der Waals surface area (Å²) in [6.45, 7) is 4.51. The Hall–Kier alpha value is -4.16. The molecule has 3 aromatic rings. The number of fused-ring (bicyclic) bond motifs is 2. The quantitative estimate of drug-likeness (QED) is 0.0612. The monoisotopic (exact) mass is 714 g/mol. The maximum Gasteiger partial charge on any atom is 0.273 e. The summed E-state index contributed by atoms with van der Waals surface area (Å²) >= 11 is 1.70. The van der Waals surface area contributed by atoms with Crippen LogP contribution in [0.15, 0.2) is 107 Å². The van der Waals surface area contributed by atoms with Gasteiger partial charge in [0.25, 0.3) is 5.69 Å². The Labute approximate surface area is 303 Å². The van der Waals surface area contributed by atoms with Gasteiger partial charge in [-0.15, -0.1) is 18.3 Å². The number of allylic oxidation sites excluding steroid dienone is 1. The lowest BCUT2D eigenvalue weighted by Gasteiger charge is -2.58. The van der Waals surface area contributed by atoms with Crippen LogP contribution in [0.4, 0.5) is 5.69 Å². The average molecular weight is 715 g/mol. The molecule has 6 rings (SSSR count). The van der Waals surface area contributed by atoms with Gasteiger partial charge in [-0.1, -0.05) is 54.4 Å². The van der Waals surface area contributed by atoms with E-state index in [9.17, 15) is 20.3 Å². The first-order valence-electron chi connectivity index (χ1n) is 17.7. The van der Waals surface area contributed by atoms with E-state index >= 15 is 0 Å². The van der Waals surface area contributed by atoms with E-state index in [0.717, 1.165) is 47.4 Å². The molecule has 3 aromatic carbocycles. The lowest BCUT2D eigenvalue weighted by molar-refractivity contribution is -0.384. The number of oxime groups is 1. The first kappa shape index (κ1) is 36.6. The van der Waals surface area contributed by atoms with Crippen molar-refractivity contribution in [2.45, 2.75) is 66.8 Å². The smallest absolute Gasteiger partial charge is 0.273 e.